The van der Waals surface area contributed by atoms with Crippen LogP contribution in [0.4, 0.5) is 0 Å². The van der Waals surface area contributed by atoms with Gasteiger partial charge in [0, 0.05) is 16.9 Å². The first-order valence-electron chi connectivity index (χ1n) is 4.31. The number of nitrogens with zero attached hydrogens (tertiary/aromatic N) is 2. The summed E-state index contributed by atoms with van der Waals surface area (Å²) in [5, 5.41) is 0. The van der Waals surface area contributed by atoms with Crippen molar-refractivity contribution in [1.29, 1.82) is 0 Å². The van der Waals surface area contributed by atoms with E-state index in [2.05, 4.69) is 25.9 Å². The minimum Gasteiger partial charge on any atom is -0.255 e. The third-order valence-electron chi connectivity index (χ3n) is 1.95. The van der Waals surface area contributed by atoms with E-state index < -0.39 is 0 Å². The fourth-order valence-electron chi connectivity index (χ4n) is 1.31. The molecule has 0 amide bonds. The normalized spacial score (nSPS) is 10.1. The van der Waals surface area contributed by atoms with Crippen molar-refractivity contribution in [3.8, 4) is 11.4 Å². The van der Waals surface area contributed by atoms with Crippen LogP contribution < -0.4 is 0 Å². The van der Waals surface area contributed by atoms with Gasteiger partial charge in [0.2, 0.25) is 0 Å². The van der Waals surface area contributed by atoms with Crippen molar-refractivity contribution in [2.75, 3.05) is 0 Å². The van der Waals surface area contributed by atoms with E-state index in [0.717, 1.165) is 21.4 Å². The molecule has 0 spiro atoms. The zero-order valence-corrected chi connectivity index (χ0v) is 9.32. The topological polar surface area (TPSA) is 25.8 Å². The molecule has 0 radical (unpaired) electrons. The minimum absolute atomic E-state index is 0.914. The molecule has 2 heterocycles. The molecule has 0 aliphatic carbocycles. The van der Waals surface area contributed by atoms with Crippen molar-refractivity contribution in [2.45, 2.75) is 6.92 Å². The molecule has 2 aromatic heterocycles. The van der Waals surface area contributed by atoms with E-state index in [0.29, 0.717) is 0 Å². The van der Waals surface area contributed by atoms with Crippen LogP contribution in [0.2, 0.25) is 0 Å². The molecule has 0 N–H and O–H groups in total. The van der Waals surface area contributed by atoms with Gasteiger partial charge in [-0.15, -0.1) is 0 Å². The number of hydrogen-bond acceptors (Lipinski definition) is 2. The summed E-state index contributed by atoms with van der Waals surface area (Å²) in [4.78, 5) is 8.60. The maximum atomic E-state index is 4.34. The first kappa shape index (κ1) is 9.34. The van der Waals surface area contributed by atoms with Gasteiger partial charge in [0.1, 0.15) is 0 Å². The van der Waals surface area contributed by atoms with Crippen molar-refractivity contribution in [3.63, 3.8) is 0 Å². The van der Waals surface area contributed by atoms with Gasteiger partial charge in [-0.2, -0.15) is 0 Å². The van der Waals surface area contributed by atoms with E-state index >= 15 is 0 Å². The predicted molar refractivity (Wildman–Crippen MR) is 59.9 cm³/mol. The summed E-state index contributed by atoms with van der Waals surface area (Å²) in [7, 11) is 0. The maximum absolute atomic E-state index is 4.34. The van der Waals surface area contributed by atoms with Crippen LogP contribution in [0.25, 0.3) is 11.4 Å². The molecular weight excluding hydrogens is 240 g/mol. The van der Waals surface area contributed by atoms with Crippen LogP contribution in [0, 0.1) is 6.92 Å². The van der Waals surface area contributed by atoms with E-state index in [1.54, 1.807) is 12.4 Å². The number of halogens is 1. The summed E-state index contributed by atoms with van der Waals surface area (Å²) < 4.78 is 0.995. The molecule has 0 atom stereocenters. The summed E-state index contributed by atoms with van der Waals surface area (Å²) in [6.07, 6.45) is 3.56. The number of aromatic nitrogens is 2. The highest BCUT2D eigenvalue weighted by Crippen LogP contribution is 2.20. The quantitative estimate of drug-likeness (QED) is 0.775. The zero-order valence-electron chi connectivity index (χ0n) is 7.74. The lowest BCUT2D eigenvalue weighted by atomic mass is 10.1. The largest absolute Gasteiger partial charge is 0.255 e. The fourth-order valence-corrected chi connectivity index (χ4v) is 1.76. The third kappa shape index (κ3) is 1.82. The average molecular weight is 249 g/mol. The van der Waals surface area contributed by atoms with E-state index in [9.17, 15) is 0 Å². The maximum Gasteiger partial charge on any atom is 0.0916 e. The number of aryl methyl sites for hydroxylation is 1. The predicted octanol–water partition coefficient (Wildman–Crippen LogP) is 3.21. The van der Waals surface area contributed by atoms with Gasteiger partial charge in [0.15, 0.2) is 0 Å². The molecule has 0 saturated heterocycles. The lowest BCUT2D eigenvalue weighted by Crippen LogP contribution is -1.90. The molecule has 0 unspecified atom stereocenters. The van der Waals surface area contributed by atoms with Gasteiger partial charge in [-0.3, -0.25) is 9.97 Å². The number of pyridine rings is 2. The second-order valence-electron chi connectivity index (χ2n) is 3.03. The van der Waals surface area contributed by atoms with Crippen molar-refractivity contribution >= 4 is 15.9 Å². The highest BCUT2D eigenvalue weighted by molar-refractivity contribution is 9.10. The monoisotopic (exact) mass is 248 g/mol. The summed E-state index contributed by atoms with van der Waals surface area (Å²) in [6.45, 7) is 2.03. The van der Waals surface area contributed by atoms with Gasteiger partial charge in [0.05, 0.1) is 11.4 Å². The van der Waals surface area contributed by atoms with Gasteiger partial charge in [0.25, 0.3) is 0 Å². The first-order valence-corrected chi connectivity index (χ1v) is 5.10. The lowest BCUT2D eigenvalue weighted by Gasteiger charge is -2.03. The Morgan fingerprint density at radius 1 is 1.21 bits per heavy atom. The Morgan fingerprint density at radius 3 is 2.71 bits per heavy atom. The Labute approximate surface area is 91.2 Å². The minimum atomic E-state index is 0.914. The van der Waals surface area contributed by atoms with Crippen LogP contribution >= 0.6 is 15.9 Å². The standard InChI is InChI=1S/C11H9BrN2/c1-8-6-9(12)7-14-11(8)10-4-2-3-5-13-10/h2-7H,1H3. The van der Waals surface area contributed by atoms with Crippen LogP contribution in [-0.4, -0.2) is 9.97 Å². The average Bonchev–Trinajstić information content (AvgIpc) is 2.19. The van der Waals surface area contributed by atoms with Gasteiger partial charge < -0.3 is 0 Å². The van der Waals surface area contributed by atoms with Crippen LogP contribution in [0.15, 0.2) is 41.1 Å². The molecule has 3 heteroatoms. The third-order valence-corrected chi connectivity index (χ3v) is 2.39. The van der Waals surface area contributed by atoms with Crippen LogP contribution in [-0.2, 0) is 0 Å². The molecule has 70 valence electrons. The molecule has 2 aromatic rings. The summed E-state index contributed by atoms with van der Waals surface area (Å²) in [5.74, 6) is 0. The van der Waals surface area contributed by atoms with Gasteiger partial charge >= 0.3 is 0 Å². The Kier molecular flexibility index (Phi) is 2.59. The van der Waals surface area contributed by atoms with E-state index in [1.807, 2.05) is 31.2 Å². The second kappa shape index (κ2) is 3.88. The van der Waals surface area contributed by atoms with Crippen molar-refractivity contribution in [2.24, 2.45) is 0 Å². The van der Waals surface area contributed by atoms with Crippen LogP contribution in [0.5, 0.6) is 0 Å². The lowest BCUT2D eigenvalue weighted by molar-refractivity contribution is 1.20. The molecule has 0 fully saturated rings. The Balaban J connectivity index is 2.53. The molecule has 0 saturated carbocycles. The summed E-state index contributed by atoms with van der Waals surface area (Å²) in [6, 6.07) is 7.86. The number of hydrogen-bond donors (Lipinski definition) is 0. The van der Waals surface area contributed by atoms with Crippen molar-refractivity contribution < 1.29 is 0 Å². The SMILES string of the molecule is Cc1cc(Br)cnc1-c1ccccn1. The molecule has 2 rings (SSSR count). The smallest absolute Gasteiger partial charge is 0.0916 e. The molecule has 0 aromatic carbocycles. The number of rotatable bonds is 1. The van der Waals surface area contributed by atoms with Gasteiger partial charge in [-0.25, -0.2) is 0 Å². The first-order chi connectivity index (χ1) is 6.77. The summed E-state index contributed by atoms with van der Waals surface area (Å²) in [5.41, 5.74) is 2.98. The van der Waals surface area contributed by atoms with E-state index in [1.165, 1.54) is 0 Å². The zero-order chi connectivity index (χ0) is 9.97. The van der Waals surface area contributed by atoms with Gasteiger partial charge in [-0.05, 0) is 46.6 Å². The molecule has 2 nitrogen and oxygen atoms in total. The highest BCUT2D eigenvalue weighted by atomic mass is 79.9. The summed E-state index contributed by atoms with van der Waals surface area (Å²) >= 11 is 3.39. The molecule has 0 aliphatic rings. The fraction of sp³-hybridized carbons (Fsp3) is 0.0909. The van der Waals surface area contributed by atoms with E-state index in [-0.39, 0.29) is 0 Å². The van der Waals surface area contributed by atoms with Crippen LogP contribution in [0.3, 0.4) is 0 Å². The Morgan fingerprint density at radius 2 is 2.07 bits per heavy atom. The molecule has 14 heavy (non-hydrogen) atoms. The molecule has 0 aliphatic heterocycles. The van der Waals surface area contributed by atoms with Crippen LogP contribution in [0.1, 0.15) is 5.56 Å². The van der Waals surface area contributed by atoms with Crippen molar-refractivity contribution in [1.82, 2.24) is 9.97 Å². The highest BCUT2D eigenvalue weighted by Gasteiger charge is 2.03. The van der Waals surface area contributed by atoms with Gasteiger partial charge in [-0.1, -0.05) is 6.07 Å². The Bertz CT molecular complexity index is 440. The Hall–Kier alpha value is -1.22. The second-order valence-corrected chi connectivity index (χ2v) is 3.95. The van der Waals surface area contributed by atoms with Crippen molar-refractivity contribution in [3.05, 3.63) is 46.7 Å². The molecular formula is C11H9BrN2. The van der Waals surface area contributed by atoms with E-state index in [4.69, 9.17) is 0 Å². The molecule has 0 bridgehead atoms.